The lowest BCUT2D eigenvalue weighted by Gasteiger charge is -2.38. The topological polar surface area (TPSA) is 126 Å². The molecule has 9 nitrogen and oxygen atoms in total. The van der Waals surface area contributed by atoms with Crippen LogP contribution in [-0.4, -0.2) is 41.5 Å². The van der Waals surface area contributed by atoms with Crippen LogP contribution in [0.3, 0.4) is 0 Å². The molecule has 0 saturated carbocycles. The van der Waals surface area contributed by atoms with E-state index in [4.69, 9.17) is 15.2 Å². The number of carbonyl (C=O) groups is 2. The van der Waals surface area contributed by atoms with Gasteiger partial charge in [-0.3, -0.25) is 14.5 Å². The van der Waals surface area contributed by atoms with Crippen molar-refractivity contribution < 1.29 is 24.2 Å². The minimum absolute atomic E-state index is 0.00231. The molecule has 5 aromatic carbocycles. The average Bonchev–Trinajstić information content (AvgIpc) is 3.18. The predicted molar refractivity (Wildman–Crippen MR) is 208 cm³/mol. The first-order valence-corrected chi connectivity index (χ1v) is 18.2. The fraction of sp³-hybridized carbons (Fsp3) is 0.273. The van der Waals surface area contributed by atoms with Crippen LogP contribution >= 0.6 is 0 Å². The molecule has 1 aliphatic heterocycles. The fourth-order valence-corrected chi connectivity index (χ4v) is 6.56. The molecular formula is C44H48N4O5. The highest BCUT2D eigenvalue weighted by atomic mass is 16.7. The molecule has 5 N–H and O–H groups in total. The van der Waals surface area contributed by atoms with Crippen LogP contribution in [-0.2, 0) is 38.8 Å². The zero-order valence-electron chi connectivity index (χ0n) is 30.1. The molecule has 0 radical (unpaired) electrons. The monoisotopic (exact) mass is 712 g/mol. The van der Waals surface area contributed by atoms with Gasteiger partial charge in [-0.1, -0.05) is 109 Å². The first-order chi connectivity index (χ1) is 25.8. The van der Waals surface area contributed by atoms with Gasteiger partial charge in [-0.25, -0.2) is 0 Å². The number of hydrogen-bond acceptors (Lipinski definition) is 7. The molecule has 5 aromatic rings. The third-order valence-electron chi connectivity index (χ3n) is 9.40. The lowest BCUT2D eigenvalue weighted by atomic mass is 9.99. The molecular weight excluding hydrogens is 665 g/mol. The predicted octanol–water partition coefficient (Wildman–Crippen LogP) is 7.53. The molecule has 0 unspecified atom stereocenters. The summed E-state index contributed by atoms with van der Waals surface area (Å²) in [5.74, 6) is -0.276. The summed E-state index contributed by atoms with van der Waals surface area (Å²) >= 11 is 0. The highest BCUT2D eigenvalue weighted by molar-refractivity contribution is 5.94. The van der Waals surface area contributed by atoms with Gasteiger partial charge in [0.1, 0.15) is 0 Å². The van der Waals surface area contributed by atoms with E-state index >= 15 is 0 Å². The number of nitrogen functional groups attached to an aromatic ring is 1. The second-order valence-corrected chi connectivity index (χ2v) is 13.6. The van der Waals surface area contributed by atoms with E-state index in [9.17, 15) is 14.7 Å². The first-order valence-electron chi connectivity index (χ1n) is 18.2. The van der Waals surface area contributed by atoms with Gasteiger partial charge >= 0.3 is 0 Å². The van der Waals surface area contributed by atoms with Gasteiger partial charge in [0, 0.05) is 44.5 Å². The molecule has 9 heteroatoms. The molecule has 3 atom stereocenters. The molecule has 1 saturated heterocycles. The number of nitrogens with two attached hydrogens (primary N) is 1. The van der Waals surface area contributed by atoms with Crippen molar-refractivity contribution in [1.29, 1.82) is 0 Å². The van der Waals surface area contributed by atoms with Gasteiger partial charge in [-0.15, -0.1) is 0 Å². The summed E-state index contributed by atoms with van der Waals surface area (Å²) in [6.07, 6.45) is 0.885. The zero-order valence-corrected chi connectivity index (χ0v) is 30.1. The smallest absolute Gasteiger partial charge is 0.224 e. The molecule has 2 amide bonds. The van der Waals surface area contributed by atoms with E-state index in [-0.39, 0.29) is 43.5 Å². The largest absolute Gasteiger partial charge is 0.397 e. The Morgan fingerprint density at radius 3 is 2.21 bits per heavy atom. The Kier molecular flexibility index (Phi) is 13.0. The van der Waals surface area contributed by atoms with Crippen molar-refractivity contribution >= 4 is 23.2 Å². The Balaban J connectivity index is 1.05. The summed E-state index contributed by atoms with van der Waals surface area (Å²) in [5.41, 5.74) is 14.2. The van der Waals surface area contributed by atoms with E-state index in [1.165, 1.54) is 5.56 Å². The van der Waals surface area contributed by atoms with Crippen molar-refractivity contribution in [2.75, 3.05) is 24.6 Å². The van der Waals surface area contributed by atoms with Gasteiger partial charge in [0.2, 0.25) is 11.8 Å². The molecule has 0 aromatic heterocycles. The van der Waals surface area contributed by atoms with Crippen LogP contribution in [0.25, 0.3) is 11.1 Å². The average molecular weight is 713 g/mol. The number of aliphatic hydroxyl groups is 1. The van der Waals surface area contributed by atoms with E-state index in [2.05, 4.69) is 83.2 Å². The molecule has 274 valence electrons. The zero-order chi connectivity index (χ0) is 37.0. The Morgan fingerprint density at radius 2 is 1.45 bits per heavy atom. The van der Waals surface area contributed by atoms with Crippen molar-refractivity contribution in [2.24, 2.45) is 0 Å². The maximum atomic E-state index is 12.6. The number of rotatable bonds is 15. The number of carbonyl (C=O) groups excluding carboxylic acids is 2. The molecule has 1 fully saturated rings. The SMILES string of the molecule is CN(Cc1ccccc1)C[C@@H]1C[C@H](c2ccc(CO)cc2)O[C@H](c2ccc(-c3cccc(CNC(=O)CCCC(=O)Nc4ccccc4N)c3)cc2)O1. The van der Waals surface area contributed by atoms with Crippen LogP contribution in [0.15, 0.2) is 127 Å². The Morgan fingerprint density at radius 1 is 0.755 bits per heavy atom. The number of para-hydroxylation sites is 2. The minimum Gasteiger partial charge on any atom is -0.397 e. The summed E-state index contributed by atoms with van der Waals surface area (Å²) in [4.78, 5) is 27.1. The summed E-state index contributed by atoms with van der Waals surface area (Å²) in [6.45, 7) is 1.97. The normalized spacial score (nSPS) is 17.0. The molecule has 0 bridgehead atoms. The van der Waals surface area contributed by atoms with Crippen molar-refractivity contribution in [2.45, 2.75) is 63.9 Å². The third kappa shape index (κ3) is 10.8. The molecule has 6 rings (SSSR count). The molecule has 1 heterocycles. The molecule has 1 aliphatic rings. The standard InChI is InChI=1S/C44H48N4O5/c1-48(28-31-9-3-2-4-10-31)29-38-26-41(35-19-17-32(30-49)18-20-35)53-44(52-38)36-23-21-34(22-24-36)37-12-7-11-33(25-37)27-46-42(50)15-8-16-43(51)47-40-14-6-5-13-39(40)45/h2-7,9-14,17-25,38,41,44,49H,8,15-16,26-30,45H2,1H3,(H,46,50)(H,47,51)/t38-,41+,44+/m0/s1. The number of amides is 2. The van der Waals surface area contributed by atoms with Crippen LogP contribution in [0.2, 0.25) is 0 Å². The number of ether oxygens (including phenoxy) is 2. The van der Waals surface area contributed by atoms with Crippen molar-refractivity contribution in [3.05, 3.63) is 155 Å². The van der Waals surface area contributed by atoms with Crippen LogP contribution < -0.4 is 16.4 Å². The van der Waals surface area contributed by atoms with E-state index in [1.54, 1.807) is 12.1 Å². The van der Waals surface area contributed by atoms with Crippen molar-refractivity contribution in [3.8, 4) is 11.1 Å². The Bertz CT molecular complexity index is 1930. The number of nitrogens with one attached hydrogen (secondary N) is 2. The van der Waals surface area contributed by atoms with Gasteiger partial charge in [0.15, 0.2) is 6.29 Å². The second kappa shape index (κ2) is 18.4. The van der Waals surface area contributed by atoms with E-state index in [1.807, 2.05) is 54.6 Å². The quantitative estimate of drug-likeness (QED) is 0.0827. The fourth-order valence-electron chi connectivity index (χ4n) is 6.56. The Labute approximate surface area is 311 Å². The summed E-state index contributed by atoms with van der Waals surface area (Å²) in [6, 6.07) is 41.8. The molecule has 53 heavy (non-hydrogen) atoms. The van der Waals surface area contributed by atoms with Crippen molar-refractivity contribution in [1.82, 2.24) is 10.2 Å². The highest BCUT2D eigenvalue weighted by Gasteiger charge is 2.32. The number of aliphatic hydroxyl groups excluding tert-OH is 1. The lowest BCUT2D eigenvalue weighted by molar-refractivity contribution is -0.252. The first kappa shape index (κ1) is 37.4. The van der Waals surface area contributed by atoms with Gasteiger partial charge in [-0.05, 0) is 65.0 Å². The molecule has 0 spiro atoms. The van der Waals surface area contributed by atoms with Gasteiger partial charge in [-0.2, -0.15) is 0 Å². The second-order valence-electron chi connectivity index (χ2n) is 13.6. The lowest BCUT2D eigenvalue weighted by Crippen LogP contribution is -2.37. The van der Waals surface area contributed by atoms with E-state index in [0.29, 0.717) is 30.8 Å². The van der Waals surface area contributed by atoms with Crippen LogP contribution in [0.1, 0.15) is 65.9 Å². The summed E-state index contributed by atoms with van der Waals surface area (Å²) in [5, 5.41) is 15.3. The van der Waals surface area contributed by atoms with Gasteiger partial charge in [0.05, 0.1) is 30.2 Å². The number of nitrogens with zero attached hydrogens (tertiary/aromatic N) is 1. The van der Waals surface area contributed by atoms with Crippen LogP contribution in [0.4, 0.5) is 11.4 Å². The number of hydrogen-bond donors (Lipinski definition) is 4. The van der Waals surface area contributed by atoms with E-state index in [0.717, 1.165) is 46.5 Å². The number of anilines is 2. The maximum Gasteiger partial charge on any atom is 0.224 e. The summed E-state index contributed by atoms with van der Waals surface area (Å²) < 4.78 is 13.2. The van der Waals surface area contributed by atoms with Gasteiger partial charge < -0.3 is 30.9 Å². The van der Waals surface area contributed by atoms with Crippen molar-refractivity contribution in [3.63, 3.8) is 0 Å². The summed E-state index contributed by atoms with van der Waals surface area (Å²) in [7, 11) is 2.12. The third-order valence-corrected chi connectivity index (χ3v) is 9.40. The van der Waals surface area contributed by atoms with E-state index < -0.39 is 6.29 Å². The molecule has 0 aliphatic carbocycles. The highest BCUT2D eigenvalue weighted by Crippen LogP contribution is 2.38. The number of benzene rings is 5. The Hall–Kier alpha value is -5.32. The maximum absolute atomic E-state index is 12.6. The van der Waals surface area contributed by atoms with Crippen LogP contribution in [0, 0.1) is 0 Å². The van der Waals surface area contributed by atoms with Gasteiger partial charge in [0.25, 0.3) is 0 Å². The minimum atomic E-state index is -0.542. The number of likely N-dealkylation sites (N-methyl/N-ethyl adjacent to an activating group) is 1. The van der Waals surface area contributed by atoms with Crippen LogP contribution in [0.5, 0.6) is 0 Å².